The van der Waals surface area contributed by atoms with Gasteiger partial charge in [0.2, 0.25) is 0 Å². The summed E-state index contributed by atoms with van der Waals surface area (Å²) in [6, 6.07) is 6.67. The fraction of sp³-hybridized carbons (Fsp3) is 0.286. The van der Waals surface area contributed by atoms with Gasteiger partial charge in [-0.15, -0.1) is 0 Å². The number of hydrogen-bond acceptors (Lipinski definition) is 1. The summed E-state index contributed by atoms with van der Waals surface area (Å²) in [4.78, 5) is 1.52. The van der Waals surface area contributed by atoms with E-state index in [1.165, 1.54) is 24.4 Å². The maximum absolute atomic E-state index is 2.33. The molecule has 79 valence electrons. The van der Waals surface area contributed by atoms with E-state index >= 15 is 0 Å². The molecule has 1 atom stereocenters. The van der Waals surface area contributed by atoms with Crippen LogP contribution in [0.3, 0.4) is 0 Å². The Labute approximate surface area is 112 Å². The van der Waals surface area contributed by atoms with Crippen LogP contribution in [0.2, 0.25) is 0 Å². The molecule has 1 heterocycles. The van der Waals surface area contributed by atoms with Crippen molar-refractivity contribution in [3.05, 3.63) is 34.2 Å². The van der Waals surface area contributed by atoms with Crippen LogP contribution < -0.4 is 3.87 Å². The summed E-state index contributed by atoms with van der Waals surface area (Å²) in [6.07, 6.45) is 0. The van der Waals surface area contributed by atoms with E-state index in [1.807, 2.05) is 11.3 Å². The topological polar surface area (TPSA) is 0 Å². The first-order valence-corrected chi connectivity index (χ1v) is 7.15. The van der Waals surface area contributed by atoms with Crippen molar-refractivity contribution in [2.75, 3.05) is 0 Å². The average Bonchev–Trinajstić information content (AvgIpc) is 2.74. The third-order valence-electron chi connectivity index (χ3n) is 3.77. The van der Waals surface area contributed by atoms with Crippen LogP contribution in [0, 0.1) is 0 Å². The van der Waals surface area contributed by atoms with E-state index in [2.05, 4.69) is 59.4 Å². The second-order valence-corrected chi connectivity index (χ2v) is 6.42. The van der Waals surface area contributed by atoms with E-state index < -0.39 is 0 Å². The second-order valence-electron chi connectivity index (χ2n) is 4.56. The fourth-order valence-electron chi connectivity index (χ4n) is 2.57. The van der Waals surface area contributed by atoms with Gasteiger partial charge < -0.3 is 0 Å². The van der Waals surface area contributed by atoms with E-state index in [1.54, 1.807) is 11.1 Å². The van der Waals surface area contributed by atoms with Crippen molar-refractivity contribution < 1.29 is 20.4 Å². The molecular weight excluding hydrogens is 248 g/mol. The van der Waals surface area contributed by atoms with Crippen LogP contribution in [0.25, 0.3) is 15.7 Å². The van der Waals surface area contributed by atoms with Crippen molar-refractivity contribution in [1.82, 2.24) is 0 Å². The maximum atomic E-state index is 2.33. The summed E-state index contributed by atoms with van der Waals surface area (Å²) in [7, 11) is 0. The summed E-state index contributed by atoms with van der Waals surface area (Å²) in [6.45, 7) is 6.87. The Balaban J connectivity index is 2.43. The molecule has 0 fully saturated rings. The van der Waals surface area contributed by atoms with Crippen LogP contribution in [-0.4, -0.2) is 0 Å². The van der Waals surface area contributed by atoms with E-state index in [0.29, 0.717) is 5.92 Å². The molecule has 0 saturated carbocycles. The van der Waals surface area contributed by atoms with Gasteiger partial charge in [-0.3, -0.25) is 0 Å². The van der Waals surface area contributed by atoms with Gasteiger partial charge in [0.05, 0.1) is 0 Å². The SMILES string of the molecule is CC1=C(C)C(C)c2c1sc1[c]([Ti])cccc21. The van der Waals surface area contributed by atoms with Crippen LogP contribution in [0.5, 0.6) is 0 Å². The molecule has 0 nitrogen and oxygen atoms in total. The molecule has 1 aromatic carbocycles. The molecule has 0 amide bonds. The number of rotatable bonds is 0. The Morgan fingerprint density at radius 3 is 2.75 bits per heavy atom. The van der Waals surface area contributed by atoms with Crippen LogP contribution in [0.4, 0.5) is 0 Å². The quantitative estimate of drug-likeness (QED) is 0.629. The Hall–Kier alpha value is -0.366. The van der Waals surface area contributed by atoms with Crippen LogP contribution >= 0.6 is 11.3 Å². The van der Waals surface area contributed by atoms with E-state index in [4.69, 9.17) is 0 Å². The molecule has 0 N–H and O–H groups in total. The molecule has 16 heavy (non-hydrogen) atoms. The van der Waals surface area contributed by atoms with Gasteiger partial charge in [-0.1, -0.05) is 0 Å². The molecule has 0 bridgehead atoms. The van der Waals surface area contributed by atoms with Gasteiger partial charge in [-0.25, -0.2) is 0 Å². The predicted molar refractivity (Wildman–Crippen MR) is 68.1 cm³/mol. The van der Waals surface area contributed by atoms with Gasteiger partial charge in [0, 0.05) is 0 Å². The monoisotopic (exact) mass is 261 g/mol. The molecule has 0 saturated heterocycles. The second kappa shape index (κ2) is 3.56. The summed E-state index contributed by atoms with van der Waals surface area (Å²) in [5.74, 6) is 0.602. The first-order valence-electron chi connectivity index (χ1n) is 5.56. The zero-order chi connectivity index (χ0) is 11.4. The number of fused-ring (bicyclic) bond motifs is 3. The Kier molecular flexibility index (Phi) is 2.40. The van der Waals surface area contributed by atoms with Gasteiger partial charge >= 0.3 is 112 Å². The normalized spacial score (nSPS) is 19.5. The van der Waals surface area contributed by atoms with Crippen molar-refractivity contribution in [2.45, 2.75) is 26.7 Å². The van der Waals surface area contributed by atoms with Crippen molar-refractivity contribution in [3.63, 3.8) is 0 Å². The molecule has 0 aliphatic heterocycles. The third-order valence-corrected chi connectivity index (χ3v) is 6.08. The molecule has 0 spiro atoms. The summed E-state index contributed by atoms with van der Waals surface area (Å²) in [5.41, 5.74) is 4.62. The first kappa shape index (κ1) is 10.8. The average molecular weight is 261 g/mol. The van der Waals surface area contributed by atoms with Crippen molar-refractivity contribution in [3.8, 4) is 0 Å². The number of allylic oxidation sites excluding steroid dienone is 2. The van der Waals surface area contributed by atoms with E-state index in [-0.39, 0.29) is 0 Å². The molecule has 1 unspecified atom stereocenters. The van der Waals surface area contributed by atoms with Crippen LogP contribution in [0.15, 0.2) is 23.8 Å². The summed E-state index contributed by atoms with van der Waals surface area (Å²) < 4.78 is 2.89. The van der Waals surface area contributed by atoms with Gasteiger partial charge in [0.15, 0.2) is 0 Å². The molecular formula is C14H13STi. The molecule has 1 aromatic heterocycles. The first-order chi connectivity index (χ1) is 7.61. The van der Waals surface area contributed by atoms with Crippen LogP contribution in [-0.2, 0) is 20.4 Å². The van der Waals surface area contributed by atoms with Crippen molar-refractivity contribution in [1.29, 1.82) is 0 Å². The number of hydrogen-bond donors (Lipinski definition) is 0. The summed E-state index contributed by atoms with van der Waals surface area (Å²) in [5, 5.41) is 1.48. The molecule has 1 aliphatic carbocycles. The molecule has 1 aliphatic rings. The Morgan fingerprint density at radius 1 is 1.25 bits per heavy atom. The number of benzene rings is 1. The van der Waals surface area contributed by atoms with E-state index in [0.717, 1.165) is 0 Å². The molecule has 2 aromatic rings. The molecule has 0 radical (unpaired) electrons. The third kappa shape index (κ3) is 1.26. The van der Waals surface area contributed by atoms with Gasteiger partial charge in [-0.2, -0.15) is 0 Å². The number of thiophene rings is 1. The fourth-order valence-corrected chi connectivity index (χ4v) is 4.55. The molecule has 3 rings (SSSR count). The zero-order valence-electron chi connectivity index (χ0n) is 9.72. The molecule has 2 heteroatoms. The minimum absolute atomic E-state index is 0.602. The minimum atomic E-state index is 0.602. The summed E-state index contributed by atoms with van der Waals surface area (Å²) >= 11 is 4.18. The van der Waals surface area contributed by atoms with Crippen molar-refractivity contribution >= 4 is 30.9 Å². The Bertz CT molecular complexity index is 619. The zero-order valence-corrected chi connectivity index (χ0v) is 12.1. The van der Waals surface area contributed by atoms with Crippen molar-refractivity contribution in [2.24, 2.45) is 0 Å². The standard InChI is InChI=1S/C14H13S.Ti/c1-8-9(2)13-11-6-4-5-7-12(11)15-14(13)10(8)3;/h4-6,9H,1-3H3;. The predicted octanol–water partition coefficient (Wildman–Crippen LogP) is 3.98. The van der Waals surface area contributed by atoms with E-state index in [9.17, 15) is 0 Å². The van der Waals surface area contributed by atoms with Gasteiger partial charge in [0.25, 0.3) is 0 Å². The van der Waals surface area contributed by atoms with Crippen LogP contribution in [0.1, 0.15) is 37.1 Å². The van der Waals surface area contributed by atoms with Gasteiger partial charge in [-0.05, 0) is 0 Å². The Morgan fingerprint density at radius 2 is 2.00 bits per heavy atom. The van der Waals surface area contributed by atoms with Gasteiger partial charge in [0.1, 0.15) is 0 Å².